The normalized spacial score (nSPS) is 27.8. The van der Waals surface area contributed by atoms with E-state index in [0.29, 0.717) is 18.1 Å². The first-order chi connectivity index (χ1) is 10.3. The van der Waals surface area contributed by atoms with E-state index in [1.807, 2.05) is 35.0 Å². The second-order valence-corrected chi connectivity index (χ2v) is 6.10. The molecule has 21 heavy (non-hydrogen) atoms. The van der Waals surface area contributed by atoms with Gasteiger partial charge < -0.3 is 10.2 Å². The Morgan fingerprint density at radius 2 is 1.86 bits per heavy atom. The van der Waals surface area contributed by atoms with E-state index in [1.165, 1.54) is 25.7 Å². The number of benzene rings is 1. The highest BCUT2D eigenvalue weighted by atomic mass is 15.6. The summed E-state index contributed by atoms with van der Waals surface area (Å²) < 4.78 is 1.82. The number of tetrazole rings is 1. The second-order valence-electron chi connectivity index (χ2n) is 6.10. The number of nitrogens with one attached hydrogen (secondary N) is 1. The first-order valence-electron chi connectivity index (χ1n) is 7.64. The zero-order chi connectivity index (χ0) is 14.2. The average Bonchev–Trinajstić information content (AvgIpc) is 3.14. The largest absolute Gasteiger partial charge is 0.339 e. The molecule has 0 aliphatic carbocycles. The molecule has 2 aromatic rings. The molecule has 0 saturated carbocycles. The molecule has 6 heteroatoms. The summed E-state index contributed by atoms with van der Waals surface area (Å²) in [5.74, 6) is 0.826. The molecule has 2 saturated heterocycles. The van der Waals surface area contributed by atoms with E-state index in [9.17, 15) is 0 Å². The summed E-state index contributed by atoms with van der Waals surface area (Å²) in [7, 11) is 2.11. The molecule has 6 nitrogen and oxygen atoms in total. The minimum atomic E-state index is 0.511. The molecule has 0 amide bonds. The maximum atomic E-state index is 4.25. The molecule has 1 aromatic carbocycles. The van der Waals surface area contributed by atoms with Gasteiger partial charge in [-0.15, -0.1) is 0 Å². The minimum absolute atomic E-state index is 0.511. The standard InChI is InChI=1S/C15H20N6/c1-20(14-9-11-7-8-12(10-14)16-11)15-17-18-19-21(15)13-5-3-2-4-6-13/h2-6,11-12,14,16H,7-10H2,1H3. The van der Waals surface area contributed by atoms with E-state index >= 15 is 0 Å². The third-order valence-corrected chi connectivity index (χ3v) is 4.77. The highest BCUT2D eigenvalue weighted by Gasteiger charge is 2.36. The molecule has 2 aliphatic rings. The van der Waals surface area contributed by atoms with Crippen LogP contribution in [0.5, 0.6) is 0 Å². The Morgan fingerprint density at radius 1 is 1.14 bits per heavy atom. The van der Waals surface area contributed by atoms with Gasteiger partial charge in [-0.3, -0.25) is 0 Å². The number of rotatable bonds is 3. The molecule has 3 heterocycles. The monoisotopic (exact) mass is 284 g/mol. The van der Waals surface area contributed by atoms with Crippen molar-refractivity contribution in [1.29, 1.82) is 0 Å². The van der Waals surface area contributed by atoms with Gasteiger partial charge in [-0.1, -0.05) is 23.3 Å². The van der Waals surface area contributed by atoms with E-state index in [-0.39, 0.29) is 0 Å². The first-order valence-corrected chi connectivity index (χ1v) is 7.64. The van der Waals surface area contributed by atoms with E-state index in [1.54, 1.807) is 0 Å². The quantitative estimate of drug-likeness (QED) is 0.923. The lowest BCUT2D eigenvalue weighted by atomic mass is 9.99. The van der Waals surface area contributed by atoms with Crippen molar-refractivity contribution < 1.29 is 0 Å². The Balaban J connectivity index is 1.61. The van der Waals surface area contributed by atoms with Gasteiger partial charge in [0, 0.05) is 25.2 Å². The SMILES string of the molecule is CN(c1nnnn1-c1ccccc1)C1CC2CCC(C1)N2. The van der Waals surface area contributed by atoms with Crippen LogP contribution in [0.4, 0.5) is 5.95 Å². The van der Waals surface area contributed by atoms with Gasteiger partial charge >= 0.3 is 0 Å². The molecule has 0 spiro atoms. The molecular formula is C15H20N6. The molecule has 0 radical (unpaired) electrons. The Labute approximate surface area is 124 Å². The van der Waals surface area contributed by atoms with Crippen molar-refractivity contribution in [2.75, 3.05) is 11.9 Å². The zero-order valence-corrected chi connectivity index (χ0v) is 12.2. The number of para-hydroxylation sites is 1. The van der Waals surface area contributed by atoms with Crippen LogP contribution < -0.4 is 10.2 Å². The van der Waals surface area contributed by atoms with E-state index in [2.05, 4.69) is 32.8 Å². The minimum Gasteiger partial charge on any atom is -0.339 e. The predicted molar refractivity (Wildman–Crippen MR) is 80.5 cm³/mol. The van der Waals surface area contributed by atoms with Crippen molar-refractivity contribution >= 4 is 5.95 Å². The third-order valence-electron chi connectivity index (χ3n) is 4.77. The molecule has 2 fully saturated rings. The summed E-state index contributed by atoms with van der Waals surface area (Å²) in [6.45, 7) is 0. The maximum Gasteiger partial charge on any atom is 0.250 e. The van der Waals surface area contributed by atoms with Gasteiger partial charge in [-0.25, -0.2) is 0 Å². The summed E-state index contributed by atoms with van der Waals surface area (Å²) in [5, 5.41) is 16.0. The van der Waals surface area contributed by atoms with Crippen LogP contribution in [-0.4, -0.2) is 45.4 Å². The smallest absolute Gasteiger partial charge is 0.250 e. The number of anilines is 1. The Bertz CT molecular complexity index is 598. The van der Waals surface area contributed by atoms with Gasteiger partial charge in [0.1, 0.15) is 0 Å². The van der Waals surface area contributed by atoms with Crippen LogP contribution in [0.2, 0.25) is 0 Å². The highest BCUT2D eigenvalue weighted by molar-refractivity contribution is 5.40. The third kappa shape index (κ3) is 2.29. The molecule has 2 atom stereocenters. The van der Waals surface area contributed by atoms with Crippen LogP contribution in [0, 0.1) is 0 Å². The maximum absolute atomic E-state index is 4.25. The van der Waals surface area contributed by atoms with Gasteiger partial charge in [0.25, 0.3) is 0 Å². The van der Waals surface area contributed by atoms with Gasteiger partial charge in [0.15, 0.2) is 0 Å². The molecule has 2 bridgehead atoms. The van der Waals surface area contributed by atoms with Crippen molar-refractivity contribution in [1.82, 2.24) is 25.5 Å². The lowest BCUT2D eigenvalue weighted by Gasteiger charge is -2.35. The van der Waals surface area contributed by atoms with Crippen LogP contribution in [0.15, 0.2) is 30.3 Å². The zero-order valence-electron chi connectivity index (χ0n) is 12.2. The molecule has 1 N–H and O–H groups in total. The summed E-state index contributed by atoms with van der Waals surface area (Å²) in [4.78, 5) is 2.25. The lowest BCUT2D eigenvalue weighted by molar-refractivity contribution is 0.352. The number of hydrogen-bond donors (Lipinski definition) is 1. The average molecular weight is 284 g/mol. The van der Waals surface area contributed by atoms with Crippen molar-refractivity contribution in [3.63, 3.8) is 0 Å². The fourth-order valence-electron chi connectivity index (χ4n) is 3.65. The van der Waals surface area contributed by atoms with Crippen molar-refractivity contribution in [3.05, 3.63) is 30.3 Å². The Kier molecular flexibility index (Phi) is 3.11. The molecule has 2 unspecified atom stereocenters. The van der Waals surface area contributed by atoms with Gasteiger partial charge in [-0.05, 0) is 48.2 Å². The van der Waals surface area contributed by atoms with E-state index < -0.39 is 0 Å². The molecule has 4 rings (SSSR count). The van der Waals surface area contributed by atoms with Crippen LogP contribution in [0.25, 0.3) is 5.69 Å². The molecule has 1 aromatic heterocycles. The van der Waals surface area contributed by atoms with Gasteiger partial charge in [-0.2, -0.15) is 4.68 Å². The predicted octanol–water partition coefficient (Wildman–Crippen LogP) is 1.38. The lowest BCUT2D eigenvalue weighted by Crippen LogP contribution is -2.47. The Morgan fingerprint density at radius 3 is 2.57 bits per heavy atom. The second kappa shape index (κ2) is 5.11. The molecular weight excluding hydrogens is 264 g/mol. The number of aromatic nitrogens is 4. The summed E-state index contributed by atoms with van der Waals surface area (Å²) in [6, 6.07) is 11.9. The highest BCUT2D eigenvalue weighted by Crippen LogP contribution is 2.31. The van der Waals surface area contributed by atoms with Gasteiger partial charge in [0.2, 0.25) is 5.95 Å². The number of hydrogen-bond acceptors (Lipinski definition) is 5. The van der Waals surface area contributed by atoms with Crippen molar-refractivity contribution in [3.8, 4) is 5.69 Å². The summed E-state index contributed by atoms with van der Waals surface area (Å²) in [6.07, 6.45) is 4.96. The van der Waals surface area contributed by atoms with Crippen molar-refractivity contribution in [2.24, 2.45) is 0 Å². The number of nitrogens with zero attached hydrogens (tertiary/aromatic N) is 5. The molecule has 2 aliphatic heterocycles. The first kappa shape index (κ1) is 12.8. The molecule has 110 valence electrons. The topological polar surface area (TPSA) is 58.9 Å². The Hall–Kier alpha value is -1.95. The van der Waals surface area contributed by atoms with E-state index in [4.69, 9.17) is 0 Å². The fraction of sp³-hybridized carbons (Fsp3) is 0.533. The van der Waals surface area contributed by atoms with Crippen LogP contribution in [-0.2, 0) is 0 Å². The van der Waals surface area contributed by atoms with E-state index in [0.717, 1.165) is 11.6 Å². The van der Waals surface area contributed by atoms with Crippen LogP contribution in [0.3, 0.4) is 0 Å². The number of fused-ring (bicyclic) bond motifs is 2. The summed E-state index contributed by atoms with van der Waals surface area (Å²) >= 11 is 0. The van der Waals surface area contributed by atoms with Crippen LogP contribution in [0.1, 0.15) is 25.7 Å². The van der Waals surface area contributed by atoms with Crippen molar-refractivity contribution in [2.45, 2.75) is 43.8 Å². The fourth-order valence-corrected chi connectivity index (χ4v) is 3.65. The van der Waals surface area contributed by atoms with Gasteiger partial charge in [0.05, 0.1) is 5.69 Å². The summed E-state index contributed by atoms with van der Waals surface area (Å²) in [5.41, 5.74) is 1.00. The van der Waals surface area contributed by atoms with Crippen LogP contribution >= 0.6 is 0 Å². The number of piperidine rings is 1.